The molecule has 1 heterocycles. The molecule has 4 N–H and O–H groups in total. The first-order chi connectivity index (χ1) is 8.91. The molecule has 0 spiro atoms. The van der Waals surface area contributed by atoms with Gasteiger partial charge in [-0.05, 0) is 38.3 Å². The zero-order valence-corrected chi connectivity index (χ0v) is 12.1. The van der Waals surface area contributed by atoms with Crippen LogP contribution in [0.2, 0.25) is 0 Å². The Morgan fingerprint density at radius 1 is 1.47 bits per heavy atom. The van der Waals surface area contributed by atoms with Gasteiger partial charge in [-0.15, -0.1) is 0 Å². The predicted octanol–water partition coefficient (Wildman–Crippen LogP) is 2.06. The van der Waals surface area contributed by atoms with Crippen LogP contribution >= 0.6 is 11.8 Å². The Hall–Kier alpha value is -1.69. The Kier molecular flexibility index (Phi) is 3.71. The highest BCUT2D eigenvalue weighted by molar-refractivity contribution is 7.99. The Morgan fingerprint density at radius 2 is 2.21 bits per heavy atom. The Morgan fingerprint density at radius 3 is 2.89 bits per heavy atom. The van der Waals surface area contributed by atoms with E-state index in [0.717, 1.165) is 6.54 Å². The summed E-state index contributed by atoms with van der Waals surface area (Å²) in [5.41, 5.74) is 6.69. The number of H-pyrrole nitrogens is 1. The minimum absolute atomic E-state index is 0.0780. The predicted molar refractivity (Wildman–Crippen MR) is 82.9 cm³/mol. The van der Waals surface area contributed by atoms with Crippen molar-refractivity contribution in [2.24, 2.45) is 0 Å². The van der Waals surface area contributed by atoms with E-state index in [0.29, 0.717) is 22.5 Å². The van der Waals surface area contributed by atoms with E-state index < -0.39 is 0 Å². The molecular formula is C13H18N4OS. The fourth-order valence-corrected chi connectivity index (χ4v) is 1.83. The van der Waals surface area contributed by atoms with Crippen LogP contribution in [0.15, 0.2) is 23.0 Å². The highest BCUT2D eigenvalue weighted by atomic mass is 32.2. The third-order valence-electron chi connectivity index (χ3n) is 2.96. The van der Waals surface area contributed by atoms with Gasteiger partial charge in [-0.3, -0.25) is 9.78 Å². The van der Waals surface area contributed by atoms with E-state index in [1.54, 1.807) is 30.0 Å². The van der Waals surface area contributed by atoms with Gasteiger partial charge in [0.1, 0.15) is 0 Å². The summed E-state index contributed by atoms with van der Waals surface area (Å²) in [6.45, 7) is 4.98. The minimum Gasteiger partial charge on any atom is -0.399 e. The van der Waals surface area contributed by atoms with Gasteiger partial charge in [-0.1, -0.05) is 0 Å². The van der Waals surface area contributed by atoms with Crippen molar-refractivity contribution in [3.63, 3.8) is 0 Å². The third-order valence-corrected chi connectivity index (χ3v) is 4.21. The Labute approximate surface area is 116 Å². The van der Waals surface area contributed by atoms with Crippen LogP contribution in [0, 0.1) is 0 Å². The number of rotatable bonds is 4. The molecule has 19 heavy (non-hydrogen) atoms. The summed E-state index contributed by atoms with van der Waals surface area (Å²) in [6, 6.07) is 5.13. The normalized spacial score (nSPS) is 11.7. The number of anilines is 2. The number of fused-ring (bicyclic) bond motifs is 1. The Balaban J connectivity index is 2.31. The van der Waals surface area contributed by atoms with E-state index in [-0.39, 0.29) is 10.3 Å². The lowest BCUT2D eigenvalue weighted by atomic mass is 10.2. The summed E-state index contributed by atoms with van der Waals surface area (Å²) in [7, 11) is 0. The maximum atomic E-state index is 11.9. The number of nitrogens with one attached hydrogen (secondary N) is 2. The topological polar surface area (TPSA) is 83.8 Å². The summed E-state index contributed by atoms with van der Waals surface area (Å²) in [5, 5.41) is 3.67. The molecule has 0 bridgehead atoms. The zero-order valence-electron chi connectivity index (χ0n) is 11.3. The van der Waals surface area contributed by atoms with E-state index in [4.69, 9.17) is 5.73 Å². The molecule has 0 unspecified atom stereocenters. The molecule has 2 aromatic rings. The largest absolute Gasteiger partial charge is 0.399 e. The smallest absolute Gasteiger partial charge is 0.260 e. The van der Waals surface area contributed by atoms with Crippen molar-refractivity contribution in [2.45, 2.75) is 18.6 Å². The van der Waals surface area contributed by atoms with Gasteiger partial charge in [-0.2, -0.15) is 11.8 Å². The van der Waals surface area contributed by atoms with Crippen LogP contribution in [-0.4, -0.2) is 27.5 Å². The Bertz CT molecular complexity index is 651. The van der Waals surface area contributed by atoms with Crippen LogP contribution in [-0.2, 0) is 0 Å². The molecule has 1 aromatic heterocycles. The van der Waals surface area contributed by atoms with E-state index in [2.05, 4.69) is 35.4 Å². The van der Waals surface area contributed by atoms with Gasteiger partial charge >= 0.3 is 0 Å². The molecule has 0 saturated carbocycles. The fraction of sp³-hybridized carbons (Fsp3) is 0.385. The summed E-state index contributed by atoms with van der Waals surface area (Å²) < 4.78 is 0.0780. The van der Waals surface area contributed by atoms with Crippen molar-refractivity contribution in [3.8, 4) is 0 Å². The summed E-state index contributed by atoms with van der Waals surface area (Å²) in [4.78, 5) is 19.1. The molecule has 0 amide bonds. The van der Waals surface area contributed by atoms with Crippen LogP contribution in [0.1, 0.15) is 13.8 Å². The summed E-state index contributed by atoms with van der Waals surface area (Å²) >= 11 is 1.76. The number of thioether (sulfide) groups is 1. The number of aromatic nitrogens is 2. The molecule has 1 aromatic carbocycles. The van der Waals surface area contributed by atoms with Gasteiger partial charge < -0.3 is 11.1 Å². The van der Waals surface area contributed by atoms with Crippen LogP contribution in [0.3, 0.4) is 0 Å². The fourth-order valence-electron chi connectivity index (χ4n) is 1.61. The van der Waals surface area contributed by atoms with Crippen molar-refractivity contribution in [2.75, 3.05) is 23.9 Å². The van der Waals surface area contributed by atoms with Crippen molar-refractivity contribution < 1.29 is 0 Å². The minimum atomic E-state index is -0.179. The summed E-state index contributed by atoms with van der Waals surface area (Å²) in [5.74, 6) is 0.490. The molecule has 0 saturated heterocycles. The van der Waals surface area contributed by atoms with E-state index >= 15 is 0 Å². The van der Waals surface area contributed by atoms with Crippen molar-refractivity contribution in [3.05, 3.63) is 28.6 Å². The molecule has 0 aliphatic rings. The van der Waals surface area contributed by atoms with Crippen LogP contribution in [0.4, 0.5) is 11.6 Å². The quantitative estimate of drug-likeness (QED) is 0.746. The molecule has 5 nitrogen and oxygen atoms in total. The van der Waals surface area contributed by atoms with Crippen LogP contribution in [0.5, 0.6) is 0 Å². The highest BCUT2D eigenvalue weighted by Crippen LogP contribution is 2.21. The molecule has 2 rings (SSSR count). The van der Waals surface area contributed by atoms with Gasteiger partial charge in [0.2, 0.25) is 5.95 Å². The first-order valence-corrected chi connectivity index (χ1v) is 7.22. The number of aromatic amines is 1. The number of hydrogen-bond donors (Lipinski definition) is 3. The maximum Gasteiger partial charge on any atom is 0.260 e. The first kappa shape index (κ1) is 13.7. The lowest BCUT2D eigenvalue weighted by Crippen LogP contribution is -2.27. The second kappa shape index (κ2) is 5.13. The number of benzene rings is 1. The number of hydrogen-bond acceptors (Lipinski definition) is 5. The number of nitrogens with two attached hydrogens (primary N) is 1. The highest BCUT2D eigenvalue weighted by Gasteiger charge is 2.16. The molecule has 102 valence electrons. The average Bonchev–Trinajstić information content (AvgIpc) is 2.37. The third kappa shape index (κ3) is 3.20. The van der Waals surface area contributed by atoms with E-state index in [1.807, 2.05) is 0 Å². The lowest BCUT2D eigenvalue weighted by Gasteiger charge is -2.22. The van der Waals surface area contributed by atoms with Gasteiger partial charge in [0.25, 0.3) is 5.56 Å². The second-order valence-corrected chi connectivity index (χ2v) is 6.52. The lowest BCUT2D eigenvalue weighted by molar-refractivity contribution is 0.747. The molecule has 6 heteroatoms. The molecule has 0 atom stereocenters. The standard InChI is InChI=1S/C13H18N4OS/c1-13(2,19-3)7-15-12-16-10-5-4-8(14)6-9(10)11(18)17-12/h4-6H,7,14H2,1-3H3,(H2,15,16,17,18). The van der Waals surface area contributed by atoms with Gasteiger partial charge in [0.15, 0.2) is 0 Å². The SMILES string of the molecule is CSC(C)(C)CNc1nc2ccc(N)cc2c(=O)[nH]1. The molecule has 0 radical (unpaired) electrons. The zero-order chi connectivity index (χ0) is 14.0. The second-order valence-electron chi connectivity index (χ2n) is 5.01. The first-order valence-electron chi connectivity index (χ1n) is 6.00. The van der Waals surface area contributed by atoms with E-state index in [9.17, 15) is 4.79 Å². The molecule has 0 fully saturated rings. The van der Waals surface area contributed by atoms with E-state index in [1.165, 1.54) is 0 Å². The summed E-state index contributed by atoms with van der Waals surface area (Å²) in [6.07, 6.45) is 2.06. The molecular weight excluding hydrogens is 260 g/mol. The monoisotopic (exact) mass is 278 g/mol. The van der Waals surface area contributed by atoms with Gasteiger partial charge in [-0.25, -0.2) is 4.98 Å². The van der Waals surface area contributed by atoms with Gasteiger partial charge in [0.05, 0.1) is 10.9 Å². The van der Waals surface area contributed by atoms with Crippen LogP contribution < -0.4 is 16.6 Å². The molecule has 0 aliphatic heterocycles. The van der Waals surface area contributed by atoms with Crippen molar-refractivity contribution >= 4 is 34.3 Å². The maximum absolute atomic E-state index is 11.9. The number of nitrogens with zero attached hydrogens (tertiary/aromatic N) is 1. The van der Waals surface area contributed by atoms with Gasteiger partial charge in [0, 0.05) is 17.0 Å². The van der Waals surface area contributed by atoms with Crippen LogP contribution in [0.25, 0.3) is 10.9 Å². The molecule has 0 aliphatic carbocycles. The number of nitrogen functional groups attached to an aromatic ring is 1. The van der Waals surface area contributed by atoms with Crippen molar-refractivity contribution in [1.82, 2.24) is 9.97 Å². The van der Waals surface area contributed by atoms with Crippen molar-refractivity contribution in [1.29, 1.82) is 0 Å². The average molecular weight is 278 g/mol.